The molecule has 2 aliphatic rings. The molecule has 112 valence electrons. The van der Waals surface area contributed by atoms with Gasteiger partial charge in [0.25, 0.3) is 0 Å². The number of aliphatic hydroxyl groups is 1. The quantitative estimate of drug-likeness (QED) is 0.916. The van der Waals surface area contributed by atoms with Crippen LogP contribution in [0.4, 0.5) is 5.82 Å². The standard InChI is InChI=1S/C16H21N3O2/c1-2-21-14-10-13(20)16(14)5-8-19(9-6-16)15-12(11-17)4-3-7-18-15/h3-4,7,13-14,20H,2,5-6,8-10H2,1H3/t13-,14-/m1/s1. The van der Waals surface area contributed by atoms with Crippen LogP contribution in [0, 0.1) is 16.7 Å². The lowest BCUT2D eigenvalue weighted by Gasteiger charge is -2.56. The van der Waals surface area contributed by atoms with Crippen LogP contribution in [0.5, 0.6) is 0 Å². The summed E-state index contributed by atoms with van der Waals surface area (Å²) < 4.78 is 5.78. The molecule has 1 aliphatic heterocycles. The van der Waals surface area contributed by atoms with E-state index in [1.54, 1.807) is 18.3 Å². The van der Waals surface area contributed by atoms with Crippen LogP contribution in [0.3, 0.4) is 0 Å². The molecular formula is C16H21N3O2. The van der Waals surface area contributed by atoms with Crippen LogP contribution in [0.25, 0.3) is 0 Å². The molecule has 1 saturated heterocycles. The molecule has 21 heavy (non-hydrogen) atoms. The molecule has 0 unspecified atom stereocenters. The molecule has 2 heterocycles. The third kappa shape index (κ3) is 2.29. The SMILES string of the molecule is CCO[C@@H]1C[C@@H](O)C12CCN(c1ncccc1C#N)CC2. The van der Waals surface area contributed by atoms with Crippen LogP contribution in [-0.2, 0) is 4.74 Å². The van der Waals surface area contributed by atoms with Crippen molar-refractivity contribution in [3.05, 3.63) is 23.9 Å². The Balaban J connectivity index is 1.72. The summed E-state index contributed by atoms with van der Waals surface area (Å²) >= 11 is 0. The number of pyridine rings is 1. The lowest BCUT2D eigenvalue weighted by Crippen LogP contribution is -2.62. The van der Waals surface area contributed by atoms with Crippen molar-refractivity contribution in [3.63, 3.8) is 0 Å². The summed E-state index contributed by atoms with van der Waals surface area (Å²) in [6, 6.07) is 5.79. The first kappa shape index (κ1) is 14.3. The molecule has 0 aromatic carbocycles. The summed E-state index contributed by atoms with van der Waals surface area (Å²) in [6.07, 6.45) is 4.18. The van der Waals surface area contributed by atoms with Gasteiger partial charge in [-0.2, -0.15) is 5.26 Å². The number of hydrogen-bond donors (Lipinski definition) is 1. The second-order valence-electron chi connectivity index (χ2n) is 5.90. The predicted molar refractivity (Wildman–Crippen MR) is 78.9 cm³/mol. The molecule has 5 heteroatoms. The summed E-state index contributed by atoms with van der Waals surface area (Å²) in [5, 5.41) is 19.4. The van der Waals surface area contributed by atoms with E-state index >= 15 is 0 Å². The van der Waals surface area contributed by atoms with Crippen molar-refractivity contribution in [1.29, 1.82) is 5.26 Å². The Hall–Kier alpha value is -1.64. The smallest absolute Gasteiger partial charge is 0.146 e. The highest BCUT2D eigenvalue weighted by Gasteiger charge is 2.56. The molecule has 2 fully saturated rings. The van der Waals surface area contributed by atoms with E-state index in [2.05, 4.69) is 16.0 Å². The van der Waals surface area contributed by atoms with Crippen molar-refractivity contribution >= 4 is 5.82 Å². The maximum absolute atomic E-state index is 10.2. The van der Waals surface area contributed by atoms with Crippen molar-refractivity contribution in [2.24, 2.45) is 5.41 Å². The van der Waals surface area contributed by atoms with E-state index in [9.17, 15) is 10.4 Å². The maximum Gasteiger partial charge on any atom is 0.146 e. The van der Waals surface area contributed by atoms with Gasteiger partial charge in [-0.3, -0.25) is 0 Å². The Morgan fingerprint density at radius 3 is 2.90 bits per heavy atom. The molecule has 0 radical (unpaired) electrons. The molecular weight excluding hydrogens is 266 g/mol. The Morgan fingerprint density at radius 2 is 2.29 bits per heavy atom. The van der Waals surface area contributed by atoms with Gasteiger partial charge in [-0.1, -0.05) is 0 Å². The highest BCUT2D eigenvalue weighted by Crippen LogP contribution is 2.51. The van der Waals surface area contributed by atoms with Gasteiger partial charge < -0.3 is 14.7 Å². The molecule has 1 aliphatic carbocycles. The largest absolute Gasteiger partial charge is 0.392 e. The zero-order valence-corrected chi connectivity index (χ0v) is 12.3. The van der Waals surface area contributed by atoms with E-state index < -0.39 is 0 Å². The van der Waals surface area contributed by atoms with Crippen LogP contribution >= 0.6 is 0 Å². The van der Waals surface area contributed by atoms with Crippen molar-refractivity contribution in [2.75, 3.05) is 24.6 Å². The van der Waals surface area contributed by atoms with Crippen molar-refractivity contribution in [1.82, 2.24) is 4.98 Å². The first-order valence-corrected chi connectivity index (χ1v) is 7.61. The number of rotatable bonds is 3. The normalized spacial score (nSPS) is 27.2. The van der Waals surface area contributed by atoms with Gasteiger partial charge in [0, 0.05) is 37.7 Å². The van der Waals surface area contributed by atoms with E-state index in [0.717, 1.165) is 38.2 Å². The zero-order chi connectivity index (χ0) is 14.9. The van der Waals surface area contributed by atoms with Gasteiger partial charge in [-0.25, -0.2) is 4.98 Å². The second-order valence-corrected chi connectivity index (χ2v) is 5.90. The minimum atomic E-state index is -0.254. The van der Waals surface area contributed by atoms with Crippen molar-refractivity contribution in [2.45, 2.75) is 38.4 Å². The zero-order valence-electron chi connectivity index (χ0n) is 12.3. The molecule has 3 rings (SSSR count). The van der Waals surface area contributed by atoms with Gasteiger partial charge in [0.15, 0.2) is 0 Å². The van der Waals surface area contributed by atoms with Crippen molar-refractivity contribution in [3.8, 4) is 6.07 Å². The average Bonchev–Trinajstić information content (AvgIpc) is 2.55. The molecule has 1 aromatic heterocycles. The van der Waals surface area contributed by atoms with Crippen LogP contribution in [0.2, 0.25) is 0 Å². The van der Waals surface area contributed by atoms with Crippen LogP contribution in [0.1, 0.15) is 31.7 Å². The fourth-order valence-electron chi connectivity index (χ4n) is 3.69. The summed E-state index contributed by atoms with van der Waals surface area (Å²) in [5.74, 6) is 0.761. The summed E-state index contributed by atoms with van der Waals surface area (Å²) in [6.45, 7) is 4.32. The highest BCUT2D eigenvalue weighted by molar-refractivity contribution is 5.53. The second kappa shape index (κ2) is 5.63. The monoisotopic (exact) mass is 287 g/mol. The Labute approximate surface area is 125 Å². The minimum Gasteiger partial charge on any atom is -0.392 e. The molecule has 1 N–H and O–H groups in total. The minimum absolute atomic E-state index is 0.0892. The Kier molecular flexibility index (Phi) is 3.83. The van der Waals surface area contributed by atoms with Gasteiger partial charge in [-0.15, -0.1) is 0 Å². The number of anilines is 1. The summed E-state index contributed by atoms with van der Waals surface area (Å²) in [7, 11) is 0. The molecule has 1 spiro atoms. The van der Waals surface area contributed by atoms with E-state index in [1.807, 2.05) is 6.92 Å². The number of piperidine rings is 1. The summed E-state index contributed by atoms with van der Waals surface area (Å²) in [4.78, 5) is 6.50. The average molecular weight is 287 g/mol. The number of hydrogen-bond acceptors (Lipinski definition) is 5. The van der Waals surface area contributed by atoms with Gasteiger partial charge in [0.1, 0.15) is 11.9 Å². The maximum atomic E-state index is 10.2. The van der Waals surface area contributed by atoms with E-state index in [0.29, 0.717) is 12.2 Å². The summed E-state index contributed by atoms with van der Waals surface area (Å²) in [5.41, 5.74) is 0.526. The van der Waals surface area contributed by atoms with E-state index in [-0.39, 0.29) is 17.6 Å². The van der Waals surface area contributed by atoms with Crippen LogP contribution < -0.4 is 4.90 Å². The van der Waals surface area contributed by atoms with Gasteiger partial charge >= 0.3 is 0 Å². The fraction of sp³-hybridized carbons (Fsp3) is 0.625. The lowest BCUT2D eigenvalue weighted by molar-refractivity contribution is -0.199. The van der Waals surface area contributed by atoms with Gasteiger partial charge in [0.05, 0.1) is 17.8 Å². The van der Waals surface area contributed by atoms with E-state index in [4.69, 9.17) is 4.74 Å². The van der Waals surface area contributed by atoms with Gasteiger partial charge in [-0.05, 0) is 31.9 Å². The Morgan fingerprint density at radius 1 is 1.52 bits per heavy atom. The first-order chi connectivity index (χ1) is 10.2. The number of aliphatic hydroxyl groups excluding tert-OH is 1. The number of ether oxygens (including phenoxy) is 1. The lowest BCUT2D eigenvalue weighted by atomic mass is 9.58. The highest BCUT2D eigenvalue weighted by atomic mass is 16.5. The fourth-order valence-corrected chi connectivity index (χ4v) is 3.69. The molecule has 2 atom stereocenters. The van der Waals surface area contributed by atoms with Gasteiger partial charge in [0.2, 0.25) is 0 Å². The molecule has 1 aromatic rings. The van der Waals surface area contributed by atoms with Crippen LogP contribution in [0.15, 0.2) is 18.3 Å². The molecule has 0 amide bonds. The molecule has 0 bridgehead atoms. The first-order valence-electron chi connectivity index (χ1n) is 7.61. The third-order valence-corrected chi connectivity index (χ3v) is 5.01. The number of aromatic nitrogens is 1. The molecule has 5 nitrogen and oxygen atoms in total. The topological polar surface area (TPSA) is 69.4 Å². The van der Waals surface area contributed by atoms with E-state index in [1.165, 1.54) is 0 Å². The number of nitriles is 1. The van der Waals surface area contributed by atoms with Crippen LogP contribution in [-0.4, -0.2) is 42.0 Å². The third-order valence-electron chi connectivity index (χ3n) is 5.01. The molecule has 1 saturated carbocycles. The Bertz CT molecular complexity index is 545. The van der Waals surface area contributed by atoms with Crippen molar-refractivity contribution < 1.29 is 9.84 Å². The predicted octanol–water partition coefficient (Wildman–Crippen LogP) is 1.71. The number of nitrogens with zero attached hydrogens (tertiary/aromatic N) is 3.